The van der Waals surface area contributed by atoms with Gasteiger partial charge in [-0.25, -0.2) is 0 Å². The molecule has 1 saturated carbocycles. The van der Waals surface area contributed by atoms with Gasteiger partial charge in [0.25, 0.3) is 0 Å². The summed E-state index contributed by atoms with van der Waals surface area (Å²) < 4.78 is 0. The Labute approximate surface area is 89.2 Å². The first kappa shape index (κ1) is 12.2. The highest BCUT2D eigenvalue weighted by Gasteiger charge is 2.24. The van der Waals surface area contributed by atoms with Crippen molar-refractivity contribution in [2.45, 2.75) is 38.9 Å². The van der Waals surface area contributed by atoms with Crippen molar-refractivity contribution < 1.29 is 20.1 Å². The summed E-state index contributed by atoms with van der Waals surface area (Å²) in [4.78, 5) is 10.5. The van der Waals surface area contributed by atoms with Crippen LogP contribution in [0, 0.1) is 11.8 Å². The van der Waals surface area contributed by atoms with Crippen molar-refractivity contribution in [3.63, 3.8) is 0 Å². The average molecular weight is 213 g/mol. The molecule has 4 nitrogen and oxygen atoms in total. The molecule has 15 heavy (non-hydrogen) atoms. The molecule has 0 radical (unpaired) electrons. The van der Waals surface area contributed by atoms with Crippen LogP contribution in [0.25, 0.3) is 0 Å². The fourth-order valence-corrected chi connectivity index (χ4v) is 2.03. The Bertz CT molecular complexity index is 249. The molecule has 0 aromatic rings. The summed E-state index contributed by atoms with van der Waals surface area (Å²) in [6.45, 7) is 1.53. The highest BCUT2D eigenvalue weighted by molar-refractivity contribution is 5.83. The zero-order chi connectivity index (χ0) is 11.4. The third kappa shape index (κ3) is 3.64. The van der Waals surface area contributed by atoms with Crippen LogP contribution in [0.1, 0.15) is 32.6 Å². The van der Waals surface area contributed by atoms with Crippen LogP contribution in [0.3, 0.4) is 0 Å². The molecule has 0 amide bonds. The van der Waals surface area contributed by atoms with E-state index in [1.54, 1.807) is 6.08 Å². The van der Waals surface area contributed by atoms with Crippen LogP contribution in [0.2, 0.25) is 0 Å². The van der Waals surface area contributed by atoms with Gasteiger partial charge in [-0.1, -0.05) is 6.08 Å². The smallest absolute Gasteiger partial charge is 0.154 e. The number of carbonyl (C=O) groups excluding carboxylic acids is 1. The molecule has 1 rings (SSSR count). The van der Waals surface area contributed by atoms with Crippen LogP contribution in [0.15, 0.2) is 11.6 Å². The number of carbonyl (C=O) groups is 1. The Morgan fingerprint density at radius 2 is 1.87 bits per heavy atom. The van der Waals surface area contributed by atoms with Crippen molar-refractivity contribution in [1.29, 1.82) is 0 Å². The number of hydrogen-bond acceptors (Lipinski definition) is 4. The van der Waals surface area contributed by atoms with E-state index < -0.39 is 12.3 Å². The third-order valence-corrected chi connectivity index (χ3v) is 3.05. The predicted molar refractivity (Wildman–Crippen MR) is 52.4 cm³/mol. The molecule has 0 atom stereocenters. The fourth-order valence-electron chi connectivity index (χ4n) is 2.03. The molecule has 1 aliphatic rings. The molecule has 0 saturated heterocycles. The molecule has 0 aromatic carbocycles. The second kappa shape index (κ2) is 5.28. The number of aliphatic carboxylic acids is 1. The summed E-state index contributed by atoms with van der Waals surface area (Å²) in [6.07, 6.45) is 3.57. The van der Waals surface area contributed by atoms with Gasteiger partial charge in [0.15, 0.2) is 6.29 Å². The lowest BCUT2D eigenvalue weighted by molar-refractivity contribution is -0.299. The highest BCUT2D eigenvalue weighted by atomic mass is 16.5. The topological polar surface area (TPSA) is 80.6 Å². The van der Waals surface area contributed by atoms with Crippen LogP contribution >= 0.6 is 0 Å². The molecule has 0 aromatic heterocycles. The number of allylic oxidation sites excluding steroid dienone is 1. The molecule has 2 N–H and O–H groups in total. The first-order chi connectivity index (χ1) is 7.00. The Balaban J connectivity index is 2.44. The quantitative estimate of drug-likeness (QED) is 0.502. The zero-order valence-electron chi connectivity index (χ0n) is 8.85. The number of carboxylic acids is 1. The maximum absolute atomic E-state index is 10.5. The van der Waals surface area contributed by atoms with Crippen molar-refractivity contribution in [3.8, 4) is 0 Å². The van der Waals surface area contributed by atoms with E-state index in [2.05, 4.69) is 0 Å². The zero-order valence-corrected chi connectivity index (χ0v) is 8.85. The van der Waals surface area contributed by atoms with E-state index >= 15 is 0 Å². The minimum atomic E-state index is -1.24. The molecule has 0 spiro atoms. The molecule has 1 aliphatic carbocycles. The summed E-state index contributed by atoms with van der Waals surface area (Å²) >= 11 is 0. The Kier molecular flexibility index (Phi) is 4.29. The molecule has 0 heterocycles. The first-order valence-electron chi connectivity index (χ1n) is 5.26. The molecular weight excluding hydrogens is 196 g/mol. The van der Waals surface area contributed by atoms with Crippen LogP contribution in [0.4, 0.5) is 0 Å². The number of carboxylic acid groups (broad SMARTS) is 1. The third-order valence-electron chi connectivity index (χ3n) is 3.05. The van der Waals surface area contributed by atoms with E-state index in [4.69, 9.17) is 10.2 Å². The SMILES string of the molecule is C/C(=C\C1CCC(C(O)O)CC1)C(=O)[O-]. The molecule has 0 aliphatic heterocycles. The fraction of sp³-hybridized carbons (Fsp3) is 0.727. The van der Waals surface area contributed by atoms with Crippen LogP contribution in [-0.4, -0.2) is 22.5 Å². The first-order valence-corrected chi connectivity index (χ1v) is 5.26. The normalized spacial score (nSPS) is 28.1. The van der Waals surface area contributed by atoms with Crippen LogP contribution < -0.4 is 5.11 Å². The van der Waals surface area contributed by atoms with Gasteiger partial charge in [0.05, 0.1) is 5.97 Å². The van der Waals surface area contributed by atoms with E-state index in [0.717, 1.165) is 25.7 Å². The van der Waals surface area contributed by atoms with Crippen molar-refractivity contribution >= 4 is 5.97 Å². The maximum Gasteiger partial charge on any atom is 0.154 e. The molecule has 0 bridgehead atoms. The number of aliphatic hydroxyl groups excluding tert-OH is 1. The summed E-state index contributed by atoms with van der Waals surface area (Å²) in [5.41, 5.74) is 0.267. The lowest BCUT2D eigenvalue weighted by Gasteiger charge is -2.28. The molecular formula is C11H17O4-. The van der Waals surface area contributed by atoms with E-state index in [-0.39, 0.29) is 17.4 Å². The summed E-state index contributed by atoms with van der Waals surface area (Å²) in [6, 6.07) is 0. The molecule has 0 unspecified atom stereocenters. The van der Waals surface area contributed by atoms with Crippen molar-refractivity contribution in [1.82, 2.24) is 0 Å². The monoisotopic (exact) mass is 213 g/mol. The second-order valence-electron chi connectivity index (χ2n) is 4.23. The number of aliphatic hydroxyl groups is 2. The van der Waals surface area contributed by atoms with Gasteiger partial charge in [0.1, 0.15) is 0 Å². The van der Waals surface area contributed by atoms with Crippen LogP contribution in [-0.2, 0) is 4.79 Å². The Hall–Kier alpha value is -0.870. The highest BCUT2D eigenvalue weighted by Crippen LogP contribution is 2.31. The van der Waals surface area contributed by atoms with Gasteiger partial charge in [-0.2, -0.15) is 0 Å². The van der Waals surface area contributed by atoms with E-state index in [1.165, 1.54) is 6.92 Å². The maximum atomic E-state index is 10.5. The summed E-state index contributed by atoms with van der Waals surface area (Å²) in [5.74, 6) is -0.949. The van der Waals surface area contributed by atoms with Crippen molar-refractivity contribution in [3.05, 3.63) is 11.6 Å². The van der Waals surface area contributed by atoms with Crippen molar-refractivity contribution in [2.24, 2.45) is 11.8 Å². The second-order valence-corrected chi connectivity index (χ2v) is 4.23. The summed E-state index contributed by atoms with van der Waals surface area (Å²) in [7, 11) is 0. The van der Waals surface area contributed by atoms with Gasteiger partial charge in [-0.15, -0.1) is 0 Å². The number of rotatable bonds is 3. The van der Waals surface area contributed by atoms with Crippen LogP contribution in [0.5, 0.6) is 0 Å². The number of hydrogen-bond donors (Lipinski definition) is 2. The predicted octanol–water partition coefficient (Wildman–Crippen LogP) is -0.200. The van der Waals surface area contributed by atoms with Gasteiger partial charge in [-0.05, 0) is 44.1 Å². The summed E-state index contributed by atoms with van der Waals surface area (Å²) in [5, 5.41) is 28.4. The average Bonchev–Trinajstić information content (AvgIpc) is 2.18. The minimum Gasteiger partial charge on any atom is -0.545 e. The van der Waals surface area contributed by atoms with Gasteiger partial charge in [0.2, 0.25) is 0 Å². The van der Waals surface area contributed by atoms with Gasteiger partial charge in [-0.3, -0.25) is 0 Å². The van der Waals surface area contributed by atoms with E-state index in [0.29, 0.717) is 0 Å². The largest absolute Gasteiger partial charge is 0.545 e. The van der Waals surface area contributed by atoms with E-state index in [9.17, 15) is 9.90 Å². The van der Waals surface area contributed by atoms with Gasteiger partial charge < -0.3 is 20.1 Å². The Morgan fingerprint density at radius 3 is 2.27 bits per heavy atom. The molecule has 4 heteroatoms. The standard InChI is InChI=1S/C11H18O4/c1-7(10(12)13)6-8-2-4-9(5-3-8)11(14)15/h6,8-9,11,14-15H,2-5H2,1H3,(H,12,13)/p-1/b7-6+. The van der Waals surface area contributed by atoms with Crippen molar-refractivity contribution in [2.75, 3.05) is 0 Å². The molecule has 86 valence electrons. The molecule has 1 fully saturated rings. The lowest BCUT2D eigenvalue weighted by Crippen LogP contribution is -2.26. The van der Waals surface area contributed by atoms with E-state index in [1.807, 2.05) is 0 Å². The van der Waals surface area contributed by atoms with Gasteiger partial charge in [0, 0.05) is 5.92 Å². The van der Waals surface area contributed by atoms with Gasteiger partial charge >= 0.3 is 0 Å². The lowest BCUT2D eigenvalue weighted by atomic mass is 9.81. The Morgan fingerprint density at radius 1 is 1.33 bits per heavy atom. The minimum absolute atomic E-state index is 0.0575.